The predicted molar refractivity (Wildman–Crippen MR) is 68.5 cm³/mol. The molecule has 3 nitrogen and oxygen atoms in total. The van der Waals surface area contributed by atoms with Crippen LogP contribution in [-0.4, -0.2) is 54.6 Å². The highest BCUT2D eigenvalue weighted by Gasteiger charge is 2.32. The van der Waals surface area contributed by atoms with Crippen LogP contribution in [0.15, 0.2) is 0 Å². The van der Waals surface area contributed by atoms with Crippen LogP contribution in [0.25, 0.3) is 0 Å². The van der Waals surface area contributed by atoms with E-state index in [-0.39, 0.29) is 0 Å². The smallest absolute Gasteiger partial charge is 0.0223 e. The largest absolute Gasteiger partial charge is 0.330 e. The van der Waals surface area contributed by atoms with Crippen molar-refractivity contribution in [2.75, 3.05) is 32.7 Å². The van der Waals surface area contributed by atoms with E-state index in [1.807, 2.05) is 0 Å². The highest BCUT2D eigenvalue weighted by Crippen LogP contribution is 2.23. The molecule has 0 bridgehead atoms. The van der Waals surface area contributed by atoms with Crippen LogP contribution in [0.4, 0.5) is 0 Å². The minimum absolute atomic E-state index is 0.743. The monoisotopic (exact) mass is 225 g/mol. The minimum atomic E-state index is 0.743. The van der Waals surface area contributed by atoms with E-state index in [9.17, 15) is 0 Å². The van der Waals surface area contributed by atoms with Crippen LogP contribution in [-0.2, 0) is 0 Å². The summed E-state index contributed by atoms with van der Waals surface area (Å²) in [4.78, 5) is 5.40. The molecule has 2 heterocycles. The van der Waals surface area contributed by atoms with Crippen LogP contribution < -0.4 is 5.73 Å². The van der Waals surface area contributed by atoms with Gasteiger partial charge in [0, 0.05) is 25.2 Å². The fourth-order valence-electron chi connectivity index (χ4n) is 3.18. The number of nitrogens with two attached hydrogens (primary N) is 1. The molecule has 0 amide bonds. The highest BCUT2D eigenvalue weighted by atomic mass is 15.3. The second-order valence-corrected chi connectivity index (χ2v) is 5.48. The lowest BCUT2D eigenvalue weighted by Gasteiger charge is -2.47. The van der Waals surface area contributed by atoms with Gasteiger partial charge in [-0.3, -0.25) is 9.80 Å². The Kier molecular flexibility index (Phi) is 4.62. The van der Waals surface area contributed by atoms with E-state index in [4.69, 9.17) is 5.73 Å². The van der Waals surface area contributed by atoms with Gasteiger partial charge in [0.05, 0.1) is 0 Å². The zero-order valence-electron chi connectivity index (χ0n) is 10.7. The summed E-state index contributed by atoms with van der Waals surface area (Å²) >= 11 is 0. The van der Waals surface area contributed by atoms with Crippen molar-refractivity contribution < 1.29 is 0 Å². The average molecular weight is 225 g/mol. The van der Waals surface area contributed by atoms with E-state index in [0.717, 1.165) is 18.6 Å². The molecule has 0 aromatic carbocycles. The minimum Gasteiger partial charge on any atom is -0.330 e. The van der Waals surface area contributed by atoms with Gasteiger partial charge >= 0.3 is 0 Å². The first-order chi connectivity index (χ1) is 7.81. The molecule has 2 N–H and O–H groups in total. The molecule has 0 spiro atoms. The summed E-state index contributed by atoms with van der Waals surface area (Å²) in [6, 6.07) is 1.59. The third-order valence-corrected chi connectivity index (χ3v) is 4.22. The van der Waals surface area contributed by atoms with Gasteiger partial charge in [0.25, 0.3) is 0 Å². The zero-order chi connectivity index (χ0) is 11.4. The fraction of sp³-hybridized carbons (Fsp3) is 1.00. The summed E-state index contributed by atoms with van der Waals surface area (Å²) in [5.74, 6) is 0. The van der Waals surface area contributed by atoms with Gasteiger partial charge in [0.2, 0.25) is 0 Å². The number of nitrogens with zero attached hydrogens (tertiary/aromatic N) is 2. The molecule has 2 rings (SSSR count). The first-order valence-electron chi connectivity index (χ1n) is 6.99. The van der Waals surface area contributed by atoms with Gasteiger partial charge in [-0.1, -0.05) is 6.42 Å². The summed E-state index contributed by atoms with van der Waals surface area (Å²) in [5.41, 5.74) is 5.56. The van der Waals surface area contributed by atoms with Crippen LogP contribution >= 0.6 is 0 Å². The Morgan fingerprint density at radius 2 is 2.06 bits per heavy atom. The number of hydrogen-bond donors (Lipinski definition) is 1. The molecule has 2 aliphatic heterocycles. The third kappa shape index (κ3) is 2.96. The Balaban J connectivity index is 1.80. The molecule has 0 aromatic rings. The predicted octanol–water partition coefficient (Wildman–Crippen LogP) is 1.28. The lowest BCUT2D eigenvalue weighted by molar-refractivity contribution is 0.0148. The van der Waals surface area contributed by atoms with Crippen molar-refractivity contribution in [3.05, 3.63) is 0 Å². The van der Waals surface area contributed by atoms with E-state index < -0.39 is 0 Å². The van der Waals surface area contributed by atoms with Gasteiger partial charge in [-0.25, -0.2) is 0 Å². The fourth-order valence-corrected chi connectivity index (χ4v) is 3.18. The second-order valence-electron chi connectivity index (χ2n) is 5.48. The second kappa shape index (κ2) is 5.99. The molecule has 0 saturated carbocycles. The Morgan fingerprint density at radius 3 is 2.88 bits per heavy atom. The van der Waals surface area contributed by atoms with Crippen LogP contribution in [0.2, 0.25) is 0 Å². The summed E-state index contributed by atoms with van der Waals surface area (Å²) in [6.07, 6.45) is 6.72. The van der Waals surface area contributed by atoms with Crippen molar-refractivity contribution in [3.63, 3.8) is 0 Å². The molecule has 94 valence electrons. The standard InChI is InChI=1S/C13H27N3/c1-12-10-16-9-4-2-6-13(16)11-15(12)8-5-3-7-14/h12-13H,2-11,14H2,1H3. The van der Waals surface area contributed by atoms with E-state index in [2.05, 4.69) is 16.7 Å². The molecule has 2 atom stereocenters. The van der Waals surface area contributed by atoms with Crippen molar-refractivity contribution in [1.82, 2.24) is 9.80 Å². The molecule has 0 aliphatic carbocycles. The first kappa shape index (κ1) is 12.3. The molecular weight excluding hydrogens is 198 g/mol. The number of fused-ring (bicyclic) bond motifs is 1. The van der Waals surface area contributed by atoms with E-state index in [0.29, 0.717) is 0 Å². The van der Waals surface area contributed by atoms with Crippen LogP contribution in [0.1, 0.15) is 39.0 Å². The summed E-state index contributed by atoms with van der Waals surface area (Å²) in [6.45, 7) is 8.40. The maximum absolute atomic E-state index is 5.56. The Labute approximate surface area is 100.0 Å². The van der Waals surface area contributed by atoms with Gasteiger partial charge in [0.1, 0.15) is 0 Å². The Hall–Kier alpha value is -0.120. The zero-order valence-corrected chi connectivity index (χ0v) is 10.7. The van der Waals surface area contributed by atoms with Gasteiger partial charge in [0.15, 0.2) is 0 Å². The lowest BCUT2D eigenvalue weighted by atomic mass is 9.97. The first-order valence-corrected chi connectivity index (χ1v) is 6.99. The van der Waals surface area contributed by atoms with E-state index >= 15 is 0 Å². The van der Waals surface area contributed by atoms with Gasteiger partial charge < -0.3 is 5.73 Å². The summed E-state index contributed by atoms with van der Waals surface area (Å²) in [7, 11) is 0. The molecule has 0 radical (unpaired) electrons. The van der Waals surface area contributed by atoms with Crippen LogP contribution in [0.3, 0.4) is 0 Å². The van der Waals surface area contributed by atoms with Crippen molar-refractivity contribution in [2.24, 2.45) is 5.73 Å². The Bertz CT molecular complexity index is 207. The van der Waals surface area contributed by atoms with Crippen LogP contribution in [0, 0.1) is 0 Å². The molecule has 2 fully saturated rings. The number of hydrogen-bond acceptors (Lipinski definition) is 3. The van der Waals surface area contributed by atoms with Crippen LogP contribution in [0.5, 0.6) is 0 Å². The normalized spacial score (nSPS) is 32.6. The van der Waals surface area contributed by atoms with Crippen molar-refractivity contribution >= 4 is 0 Å². The molecule has 2 saturated heterocycles. The lowest BCUT2D eigenvalue weighted by Crippen LogP contribution is -2.58. The quantitative estimate of drug-likeness (QED) is 0.732. The molecule has 2 aliphatic rings. The molecule has 16 heavy (non-hydrogen) atoms. The molecule has 0 aromatic heterocycles. The van der Waals surface area contributed by atoms with Gasteiger partial charge in [-0.05, 0) is 52.2 Å². The SMILES string of the molecule is CC1CN2CCCCC2CN1CCCCN. The highest BCUT2D eigenvalue weighted by molar-refractivity contribution is 4.88. The van der Waals surface area contributed by atoms with E-state index in [1.54, 1.807) is 0 Å². The van der Waals surface area contributed by atoms with Gasteiger partial charge in [-0.2, -0.15) is 0 Å². The van der Waals surface area contributed by atoms with Gasteiger partial charge in [-0.15, -0.1) is 0 Å². The van der Waals surface area contributed by atoms with Crippen molar-refractivity contribution in [2.45, 2.75) is 51.1 Å². The molecule has 2 unspecified atom stereocenters. The number of unbranched alkanes of at least 4 members (excludes halogenated alkanes) is 1. The average Bonchev–Trinajstić information content (AvgIpc) is 2.30. The van der Waals surface area contributed by atoms with Crippen molar-refractivity contribution in [3.8, 4) is 0 Å². The Morgan fingerprint density at radius 1 is 1.19 bits per heavy atom. The van der Waals surface area contributed by atoms with E-state index in [1.165, 1.54) is 58.3 Å². The number of piperazine rings is 1. The topological polar surface area (TPSA) is 32.5 Å². The molecular formula is C13H27N3. The van der Waals surface area contributed by atoms with Crippen molar-refractivity contribution in [1.29, 1.82) is 0 Å². The maximum Gasteiger partial charge on any atom is 0.0223 e. The number of rotatable bonds is 4. The summed E-state index contributed by atoms with van der Waals surface area (Å²) < 4.78 is 0. The number of piperidine rings is 1. The third-order valence-electron chi connectivity index (χ3n) is 4.22. The summed E-state index contributed by atoms with van der Waals surface area (Å²) in [5, 5.41) is 0. The maximum atomic E-state index is 5.56. The molecule has 3 heteroatoms.